The third-order valence-electron chi connectivity index (χ3n) is 5.54. The van der Waals surface area contributed by atoms with E-state index in [1.807, 2.05) is 0 Å². The van der Waals surface area contributed by atoms with E-state index in [-0.39, 0.29) is 29.8 Å². The number of carbonyl (C=O) groups excluding carboxylic acids is 2. The van der Waals surface area contributed by atoms with Crippen LogP contribution in [0.5, 0.6) is 0 Å². The Morgan fingerprint density at radius 3 is 2.96 bits per heavy atom. The second kappa shape index (κ2) is 7.44. The van der Waals surface area contributed by atoms with Gasteiger partial charge < -0.3 is 15.0 Å². The highest BCUT2D eigenvalue weighted by molar-refractivity contribution is 5.95. The Morgan fingerprint density at radius 1 is 1.36 bits per heavy atom. The van der Waals surface area contributed by atoms with Crippen LogP contribution in [0.4, 0.5) is 0 Å². The molecule has 8 heteroatoms. The molecule has 0 spiro atoms. The molecule has 4 rings (SSSR count). The molecule has 2 fully saturated rings. The van der Waals surface area contributed by atoms with Gasteiger partial charge in [-0.25, -0.2) is 0 Å². The minimum atomic E-state index is -0.164. The van der Waals surface area contributed by atoms with E-state index >= 15 is 0 Å². The van der Waals surface area contributed by atoms with Gasteiger partial charge in [-0.1, -0.05) is 6.07 Å². The molecule has 0 aliphatic carbocycles. The Bertz CT molecular complexity index is 947. The second-order valence-electron chi connectivity index (χ2n) is 7.25. The molecule has 0 bridgehead atoms. The number of nitriles is 1. The lowest BCUT2D eigenvalue weighted by atomic mass is 9.93. The van der Waals surface area contributed by atoms with Gasteiger partial charge >= 0.3 is 0 Å². The summed E-state index contributed by atoms with van der Waals surface area (Å²) in [5, 5.41) is 16.0. The maximum Gasteiger partial charge on any atom is 0.269 e. The number of amides is 2. The minimum absolute atomic E-state index is 0.0123. The second-order valence-corrected chi connectivity index (χ2v) is 7.25. The number of hydrogen-bond acceptors (Lipinski definition) is 5. The van der Waals surface area contributed by atoms with Gasteiger partial charge in [0.15, 0.2) is 0 Å². The zero-order chi connectivity index (χ0) is 19.7. The predicted octanol–water partition coefficient (Wildman–Crippen LogP) is 0.809. The SMILES string of the molecule is Cn1nccc1C(=O)NC[C@@H]1CO[C@@H]2CN(C(=O)c3cccc(C#N)c3)C[C@H]12. The molecule has 144 valence electrons. The first-order valence-corrected chi connectivity index (χ1v) is 9.24. The highest BCUT2D eigenvalue weighted by Crippen LogP contribution is 2.34. The van der Waals surface area contributed by atoms with Crippen LogP contribution in [0, 0.1) is 23.2 Å². The molecule has 2 aliphatic rings. The normalized spacial score (nSPS) is 23.3. The van der Waals surface area contributed by atoms with Crippen LogP contribution in [0.3, 0.4) is 0 Å². The number of aryl methyl sites for hydroxylation is 1. The summed E-state index contributed by atoms with van der Waals surface area (Å²) in [5.41, 5.74) is 1.49. The average molecular weight is 379 g/mol. The monoisotopic (exact) mass is 379 g/mol. The van der Waals surface area contributed by atoms with Crippen LogP contribution < -0.4 is 5.32 Å². The number of rotatable bonds is 4. The molecular weight excluding hydrogens is 358 g/mol. The number of benzene rings is 1. The van der Waals surface area contributed by atoms with Crippen LogP contribution in [-0.4, -0.2) is 58.8 Å². The molecule has 2 aromatic rings. The fourth-order valence-corrected chi connectivity index (χ4v) is 3.99. The van der Waals surface area contributed by atoms with Crippen molar-refractivity contribution >= 4 is 11.8 Å². The van der Waals surface area contributed by atoms with Crippen molar-refractivity contribution in [2.45, 2.75) is 6.10 Å². The first-order valence-electron chi connectivity index (χ1n) is 9.24. The number of aromatic nitrogens is 2. The maximum atomic E-state index is 12.8. The average Bonchev–Trinajstić information content (AvgIpc) is 3.41. The van der Waals surface area contributed by atoms with Crippen molar-refractivity contribution in [3.05, 3.63) is 53.3 Å². The van der Waals surface area contributed by atoms with Crippen LogP contribution in [0.25, 0.3) is 0 Å². The Morgan fingerprint density at radius 2 is 2.21 bits per heavy atom. The Kier molecular flexibility index (Phi) is 4.84. The van der Waals surface area contributed by atoms with Gasteiger partial charge in [-0.3, -0.25) is 14.3 Å². The first-order chi connectivity index (χ1) is 13.6. The van der Waals surface area contributed by atoms with E-state index in [4.69, 9.17) is 10.00 Å². The predicted molar refractivity (Wildman–Crippen MR) is 99.3 cm³/mol. The van der Waals surface area contributed by atoms with Gasteiger partial charge in [-0.15, -0.1) is 0 Å². The van der Waals surface area contributed by atoms with Crippen LogP contribution >= 0.6 is 0 Å². The molecule has 0 unspecified atom stereocenters. The number of ether oxygens (including phenoxy) is 1. The largest absolute Gasteiger partial charge is 0.376 e. The molecule has 2 amide bonds. The lowest BCUT2D eigenvalue weighted by Crippen LogP contribution is -2.36. The van der Waals surface area contributed by atoms with Crippen molar-refractivity contribution in [3.63, 3.8) is 0 Å². The van der Waals surface area contributed by atoms with Crippen LogP contribution in [0.15, 0.2) is 36.5 Å². The number of nitrogens with one attached hydrogen (secondary N) is 1. The zero-order valence-electron chi connectivity index (χ0n) is 15.5. The summed E-state index contributed by atoms with van der Waals surface area (Å²) < 4.78 is 7.42. The standard InChI is InChI=1S/C20H21N5O3/c1-24-17(5-6-23-24)19(26)22-9-15-12-28-18-11-25(10-16(15)18)20(27)14-4-2-3-13(7-14)8-21/h2-7,15-16,18H,9-12H2,1H3,(H,22,26)/t15-,16-,18-/m1/s1. The van der Waals surface area contributed by atoms with Crippen molar-refractivity contribution in [2.75, 3.05) is 26.2 Å². The highest BCUT2D eigenvalue weighted by Gasteiger charge is 2.45. The molecule has 3 heterocycles. The third kappa shape index (κ3) is 3.37. The number of fused-ring (bicyclic) bond motifs is 1. The molecule has 2 aliphatic heterocycles. The molecule has 2 saturated heterocycles. The van der Waals surface area contributed by atoms with Crippen LogP contribution in [-0.2, 0) is 11.8 Å². The maximum absolute atomic E-state index is 12.8. The number of nitrogens with zero attached hydrogens (tertiary/aromatic N) is 4. The Labute approximate surface area is 162 Å². The van der Waals surface area contributed by atoms with Gasteiger partial charge in [0.05, 0.1) is 24.3 Å². The summed E-state index contributed by atoms with van der Waals surface area (Å²) in [5.74, 6) is 0.0934. The van der Waals surface area contributed by atoms with E-state index in [2.05, 4.69) is 16.5 Å². The Balaban J connectivity index is 1.37. The molecule has 0 radical (unpaired) electrons. The van der Waals surface area contributed by atoms with Crippen molar-refractivity contribution < 1.29 is 14.3 Å². The number of hydrogen-bond donors (Lipinski definition) is 1. The Hall–Kier alpha value is -3.18. The summed E-state index contributed by atoms with van der Waals surface area (Å²) in [7, 11) is 1.73. The topological polar surface area (TPSA) is 100 Å². The first kappa shape index (κ1) is 18.2. The van der Waals surface area contributed by atoms with E-state index < -0.39 is 0 Å². The van der Waals surface area contributed by atoms with E-state index in [0.29, 0.717) is 43.1 Å². The lowest BCUT2D eigenvalue weighted by molar-refractivity contribution is 0.0674. The third-order valence-corrected chi connectivity index (χ3v) is 5.54. The van der Waals surface area contributed by atoms with Crippen molar-refractivity contribution in [2.24, 2.45) is 18.9 Å². The lowest BCUT2D eigenvalue weighted by Gasteiger charge is -2.20. The molecule has 3 atom stereocenters. The van der Waals surface area contributed by atoms with Gasteiger partial charge in [0.2, 0.25) is 0 Å². The number of likely N-dealkylation sites (tertiary alicyclic amines) is 1. The molecule has 8 nitrogen and oxygen atoms in total. The zero-order valence-corrected chi connectivity index (χ0v) is 15.5. The summed E-state index contributed by atoms with van der Waals surface area (Å²) in [4.78, 5) is 26.9. The quantitative estimate of drug-likeness (QED) is 0.847. The van der Waals surface area contributed by atoms with Gasteiger partial charge in [-0.05, 0) is 24.3 Å². The summed E-state index contributed by atoms with van der Waals surface area (Å²) >= 11 is 0. The van der Waals surface area contributed by atoms with Crippen molar-refractivity contribution in [3.8, 4) is 6.07 Å². The molecule has 1 N–H and O–H groups in total. The smallest absolute Gasteiger partial charge is 0.269 e. The van der Waals surface area contributed by atoms with E-state index in [1.165, 1.54) is 4.68 Å². The van der Waals surface area contributed by atoms with E-state index in [1.54, 1.807) is 48.5 Å². The molecular formula is C20H21N5O3. The molecule has 0 saturated carbocycles. The summed E-state index contributed by atoms with van der Waals surface area (Å²) in [6.07, 6.45) is 1.58. The fraction of sp³-hybridized carbons (Fsp3) is 0.400. The minimum Gasteiger partial charge on any atom is -0.376 e. The van der Waals surface area contributed by atoms with Gasteiger partial charge in [-0.2, -0.15) is 10.4 Å². The van der Waals surface area contributed by atoms with Gasteiger partial charge in [0.1, 0.15) is 5.69 Å². The highest BCUT2D eigenvalue weighted by atomic mass is 16.5. The number of carbonyl (C=O) groups is 2. The molecule has 28 heavy (non-hydrogen) atoms. The van der Waals surface area contributed by atoms with Crippen molar-refractivity contribution in [1.82, 2.24) is 20.0 Å². The summed E-state index contributed by atoms with van der Waals surface area (Å²) in [6.45, 7) is 2.20. The summed E-state index contributed by atoms with van der Waals surface area (Å²) in [6, 6.07) is 10.5. The molecule has 1 aromatic heterocycles. The van der Waals surface area contributed by atoms with E-state index in [9.17, 15) is 9.59 Å². The van der Waals surface area contributed by atoms with E-state index in [0.717, 1.165) is 0 Å². The van der Waals surface area contributed by atoms with Gasteiger partial charge in [0, 0.05) is 50.3 Å². The van der Waals surface area contributed by atoms with Gasteiger partial charge in [0.25, 0.3) is 11.8 Å². The van der Waals surface area contributed by atoms with Crippen LogP contribution in [0.1, 0.15) is 26.4 Å². The van der Waals surface area contributed by atoms with Crippen molar-refractivity contribution in [1.29, 1.82) is 5.26 Å². The fourth-order valence-electron chi connectivity index (χ4n) is 3.99. The van der Waals surface area contributed by atoms with Crippen LogP contribution in [0.2, 0.25) is 0 Å². The molecule has 1 aromatic carbocycles.